The molecule has 0 aliphatic rings. The van der Waals surface area contributed by atoms with Crippen molar-refractivity contribution in [1.82, 2.24) is 10.3 Å². The van der Waals surface area contributed by atoms with Gasteiger partial charge in [-0.05, 0) is 42.3 Å². The van der Waals surface area contributed by atoms with Gasteiger partial charge in [0.15, 0.2) is 0 Å². The molecule has 0 radical (unpaired) electrons. The first kappa shape index (κ1) is 23.0. The Morgan fingerprint density at radius 3 is 2.12 bits per heavy atom. The van der Waals surface area contributed by atoms with E-state index in [0.29, 0.717) is 22.8 Å². The molecule has 2 unspecified atom stereocenters. The van der Waals surface area contributed by atoms with E-state index in [2.05, 4.69) is 10.3 Å². The number of amides is 1. The van der Waals surface area contributed by atoms with Crippen LogP contribution in [0.4, 0.5) is 0 Å². The number of rotatable bonds is 9. The Labute approximate surface area is 187 Å². The van der Waals surface area contributed by atoms with Crippen molar-refractivity contribution in [1.29, 1.82) is 0 Å². The number of carboxylic acid groups (broad SMARTS) is 1. The van der Waals surface area contributed by atoms with Crippen molar-refractivity contribution in [3.8, 4) is 17.4 Å². The highest BCUT2D eigenvalue weighted by Crippen LogP contribution is 2.25. The van der Waals surface area contributed by atoms with E-state index in [1.54, 1.807) is 36.4 Å². The molecule has 0 aliphatic carbocycles. The molecule has 6 N–H and O–H groups in total. The van der Waals surface area contributed by atoms with E-state index in [4.69, 9.17) is 10.5 Å². The number of nitrogens with two attached hydrogens (primary N) is 1. The molecule has 1 amide bonds. The molecule has 0 spiro atoms. The SMILES string of the molecule is CC(N)C(=O)NC(Cc1ccc(Oc2ccc(Cc3sc(=O)[nH]c3O)cc2)cc1)C(=O)O. The maximum Gasteiger partial charge on any atom is 0.326 e. The highest BCUT2D eigenvalue weighted by Gasteiger charge is 2.21. The van der Waals surface area contributed by atoms with Gasteiger partial charge in [0, 0.05) is 12.8 Å². The van der Waals surface area contributed by atoms with Gasteiger partial charge >= 0.3 is 10.8 Å². The van der Waals surface area contributed by atoms with Crippen LogP contribution in [0.25, 0.3) is 0 Å². The number of carboxylic acids is 1. The molecule has 1 aromatic heterocycles. The molecule has 0 fully saturated rings. The van der Waals surface area contributed by atoms with Gasteiger partial charge < -0.3 is 26.0 Å². The van der Waals surface area contributed by atoms with E-state index in [9.17, 15) is 24.6 Å². The van der Waals surface area contributed by atoms with Crippen LogP contribution in [0.3, 0.4) is 0 Å². The molecule has 32 heavy (non-hydrogen) atoms. The smallest absolute Gasteiger partial charge is 0.326 e. The Morgan fingerprint density at radius 2 is 1.66 bits per heavy atom. The van der Waals surface area contributed by atoms with Crippen molar-refractivity contribution in [2.75, 3.05) is 0 Å². The molecule has 0 bridgehead atoms. The minimum absolute atomic E-state index is 0.109. The minimum atomic E-state index is -1.14. The highest BCUT2D eigenvalue weighted by atomic mass is 32.1. The Hall–Kier alpha value is -3.63. The fourth-order valence-corrected chi connectivity index (χ4v) is 3.66. The fraction of sp³-hybridized carbons (Fsp3) is 0.227. The maximum atomic E-state index is 11.7. The predicted octanol–water partition coefficient (Wildman–Crippen LogP) is 1.98. The summed E-state index contributed by atoms with van der Waals surface area (Å²) >= 11 is 0.969. The lowest BCUT2D eigenvalue weighted by molar-refractivity contribution is -0.141. The zero-order chi connectivity index (χ0) is 23.3. The Bertz CT molecular complexity index is 1140. The number of ether oxygens (including phenoxy) is 1. The first-order chi connectivity index (χ1) is 15.2. The van der Waals surface area contributed by atoms with Gasteiger partial charge in [0.25, 0.3) is 0 Å². The number of aromatic hydroxyl groups is 1. The second-order valence-electron chi connectivity index (χ2n) is 7.25. The normalized spacial score (nSPS) is 12.7. The lowest BCUT2D eigenvalue weighted by Crippen LogP contribution is -2.48. The number of thiazole rings is 1. The standard InChI is InChI=1S/C22H23N3O6S/c1-12(23)19(26)24-17(21(28)29)10-13-2-6-15(7-3-13)31-16-8-4-14(5-9-16)11-18-20(27)25-22(30)32-18/h2-9,12,17,27H,10-11,23H2,1H3,(H,24,26)(H,25,30)(H,28,29). The number of benzene rings is 2. The van der Waals surface area contributed by atoms with Crippen molar-refractivity contribution >= 4 is 23.2 Å². The van der Waals surface area contributed by atoms with E-state index in [-0.39, 0.29) is 17.2 Å². The number of hydrogen-bond donors (Lipinski definition) is 5. The van der Waals surface area contributed by atoms with E-state index in [0.717, 1.165) is 22.5 Å². The third-order valence-corrected chi connectivity index (χ3v) is 5.49. The number of aliphatic carboxylic acids is 1. The Balaban J connectivity index is 1.60. The van der Waals surface area contributed by atoms with Crippen LogP contribution < -0.4 is 20.7 Å². The third-order valence-electron chi connectivity index (χ3n) is 4.62. The molecular formula is C22H23N3O6S. The molecule has 0 aliphatic heterocycles. The van der Waals surface area contributed by atoms with Crippen LogP contribution in [0.1, 0.15) is 22.9 Å². The van der Waals surface area contributed by atoms with Gasteiger partial charge in [0.1, 0.15) is 17.5 Å². The molecule has 0 saturated heterocycles. The molecule has 3 rings (SSSR count). The second-order valence-corrected chi connectivity index (χ2v) is 8.31. The largest absolute Gasteiger partial charge is 0.494 e. The number of nitrogens with one attached hydrogen (secondary N) is 2. The summed E-state index contributed by atoms with van der Waals surface area (Å²) in [5.41, 5.74) is 7.11. The van der Waals surface area contributed by atoms with Crippen molar-refractivity contribution in [2.24, 2.45) is 5.73 Å². The molecule has 9 nitrogen and oxygen atoms in total. The summed E-state index contributed by atoms with van der Waals surface area (Å²) in [6.07, 6.45) is 0.537. The summed E-state index contributed by atoms with van der Waals surface area (Å²) in [5.74, 6) is -0.612. The number of carbonyl (C=O) groups is 2. The summed E-state index contributed by atoms with van der Waals surface area (Å²) in [6.45, 7) is 1.49. The van der Waals surface area contributed by atoms with Crippen LogP contribution in [0, 0.1) is 0 Å². The average molecular weight is 458 g/mol. The third kappa shape index (κ3) is 6.19. The van der Waals surface area contributed by atoms with Crippen LogP contribution >= 0.6 is 11.3 Å². The van der Waals surface area contributed by atoms with Gasteiger partial charge in [-0.25, -0.2) is 4.79 Å². The van der Waals surface area contributed by atoms with E-state index in [1.165, 1.54) is 6.92 Å². The van der Waals surface area contributed by atoms with Crippen molar-refractivity contribution < 1.29 is 24.5 Å². The summed E-state index contributed by atoms with van der Waals surface area (Å²) in [4.78, 5) is 37.0. The zero-order valence-corrected chi connectivity index (χ0v) is 18.0. The van der Waals surface area contributed by atoms with Crippen molar-refractivity contribution in [3.63, 3.8) is 0 Å². The number of H-pyrrole nitrogens is 1. The number of aromatic nitrogens is 1. The van der Waals surface area contributed by atoms with Gasteiger partial charge in [-0.1, -0.05) is 35.6 Å². The van der Waals surface area contributed by atoms with Crippen molar-refractivity contribution in [3.05, 3.63) is 74.2 Å². The van der Waals surface area contributed by atoms with Gasteiger partial charge in [-0.3, -0.25) is 14.6 Å². The maximum absolute atomic E-state index is 11.7. The molecule has 3 aromatic rings. The van der Waals surface area contributed by atoms with Crippen LogP contribution in [0.5, 0.6) is 17.4 Å². The molecule has 168 valence electrons. The van der Waals surface area contributed by atoms with E-state index in [1.807, 2.05) is 12.1 Å². The molecule has 2 aromatic carbocycles. The van der Waals surface area contributed by atoms with Crippen LogP contribution in [0.15, 0.2) is 53.3 Å². The predicted molar refractivity (Wildman–Crippen MR) is 119 cm³/mol. The lowest BCUT2D eigenvalue weighted by Gasteiger charge is -2.16. The molecule has 10 heteroatoms. The number of aromatic amines is 1. The first-order valence-corrected chi connectivity index (χ1v) is 10.6. The zero-order valence-electron chi connectivity index (χ0n) is 17.2. The lowest BCUT2D eigenvalue weighted by atomic mass is 10.1. The molecule has 2 atom stereocenters. The monoisotopic (exact) mass is 457 g/mol. The second kappa shape index (κ2) is 10.1. The van der Waals surface area contributed by atoms with Crippen molar-refractivity contribution in [2.45, 2.75) is 31.8 Å². The van der Waals surface area contributed by atoms with Gasteiger partial charge in [0.05, 0.1) is 10.9 Å². The van der Waals surface area contributed by atoms with Gasteiger partial charge in [-0.2, -0.15) is 0 Å². The fourth-order valence-electron chi connectivity index (χ4n) is 2.90. The summed E-state index contributed by atoms with van der Waals surface area (Å²) in [5, 5.41) is 21.4. The quantitative estimate of drug-likeness (QED) is 0.329. The first-order valence-electron chi connectivity index (χ1n) is 9.76. The number of carbonyl (C=O) groups excluding carboxylic acids is 1. The highest BCUT2D eigenvalue weighted by molar-refractivity contribution is 7.09. The summed E-state index contributed by atoms with van der Waals surface area (Å²) < 4.78 is 5.81. The Morgan fingerprint density at radius 1 is 1.09 bits per heavy atom. The summed E-state index contributed by atoms with van der Waals surface area (Å²) in [7, 11) is 0. The van der Waals surface area contributed by atoms with E-state index >= 15 is 0 Å². The minimum Gasteiger partial charge on any atom is -0.494 e. The number of hydrogen-bond acceptors (Lipinski definition) is 7. The topological polar surface area (TPSA) is 155 Å². The molecule has 1 heterocycles. The summed E-state index contributed by atoms with van der Waals surface area (Å²) in [6, 6.07) is 12.2. The Kier molecular flexibility index (Phi) is 7.29. The molecule has 0 saturated carbocycles. The average Bonchev–Trinajstić information content (AvgIpc) is 3.06. The van der Waals surface area contributed by atoms with Crippen LogP contribution in [-0.4, -0.2) is 39.2 Å². The van der Waals surface area contributed by atoms with Gasteiger partial charge in [0.2, 0.25) is 11.8 Å². The van der Waals surface area contributed by atoms with Crippen LogP contribution in [0.2, 0.25) is 0 Å². The molecular weight excluding hydrogens is 434 g/mol. The van der Waals surface area contributed by atoms with E-state index < -0.39 is 24.0 Å². The van der Waals surface area contributed by atoms with Gasteiger partial charge in [-0.15, -0.1) is 0 Å². The van der Waals surface area contributed by atoms with Crippen LogP contribution in [-0.2, 0) is 22.4 Å².